The molecule has 0 radical (unpaired) electrons. The van der Waals surface area contributed by atoms with Gasteiger partial charge in [-0.2, -0.15) is 0 Å². The van der Waals surface area contributed by atoms with Gasteiger partial charge in [0, 0.05) is 44.1 Å². The molecule has 0 saturated carbocycles. The van der Waals surface area contributed by atoms with Crippen LogP contribution in [0.2, 0.25) is 0 Å². The maximum atomic E-state index is 12.5. The molecule has 1 fully saturated rings. The van der Waals surface area contributed by atoms with Crippen LogP contribution in [0.15, 0.2) is 46.6 Å². The van der Waals surface area contributed by atoms with Crippen LogP contribution < -0.4 is 5.56 Å². The van der Waals surface area contributed by atoms with Gasteiger partial charge in [0.15, 0.2) is 0 Å². The van der Waals surface area contributed by atoms with E-state index in [9.17, 15) is 4.79 Å². The summed E-state index contributed by atoms with van der Waals surface area (Å²) in [4.78, 5) is 18.8. The molecule has 6 nitrogen and oxygen atoms in total. The summed E-state index contributed by atoms with van der Waals surface area (Å²) >= 11 is 1.82. The Bertz CT molecular complexity index is 884. The Morgan fingerprint density at radius 1 is 0.960 bits per heavy atom. The highest BCUT2D eigenvalue weighted by Crippen LogP contribution is 2.13. The van der Waals surface area contributed by atoms with Gasteiger partial charge in [-0.3, -0.25) is 14.6 Å². The molecule has 0 bridgehead atoms. The normalized spacial score (nSPS) is 16.5. The summed E-state index contributed by atoms with van der Waals surface area (Å²) in [6, 6.07) is 11.7. The summed E-state index contributed by atoms with van der Waals surface area (Å²) < 4.78 is 1.49. The van der Waals surface area contributed by atoms with Crippen molar-refractivity contribution in [3.8, 4) is 0 Å². The smallest absolute Gasteiger partial charge is 0.277 e. The molecule has 2 aromatic heterocycles. The monoisotopic (exact) mass is 355 g/mol. The lowest BCUT2D eigenvalue weighted by atomic mass is 10.2. The maximum Gasteiger partial charge on any atom is 0.277 e. The first kappa shape index (κ1) is 16.4. The number of piperazine rings is 1. The number of rotatable bonds is 5. The average Bonchev–Trinajstić information content (AvgIpc) is 3.16. The second-order valence-corrected chi connectivity index (χ2v) is 7.36. The zero-order chi connectivity index (χ0) is 17.1. The summed E-state index contributed by atoms with van der Waals surface area (Å²) in [6.45, 7) is 6.65. The van der Waals surface area contributed by atoms with Crippen molar-refractivity contribution in [1.82, 2.24) is 24.8 Å². The zero-order valence-corrected chi connectivity index (χ0v) is 14.9. The third-order valence-electron chi connectivity index (χ3n) is 4.68. The van der Waals surface area contributed by atoms with E-state index in [-0.39, 0.29) is 5.56 Å². The van der Waals surface area contributed by atoms with Crippen LogP contribution in [0.25, 0.3) is 10.9 Å². The minimum absolute atomic E-state index is 0.0538. The third-order valence-corrected chi connectivity index (χ3v) is 5.54. The second-order valence-electron chi connectivity index (χ2n) is 6.33. The second kappa shape index (κ2) is 7.43. The van der Waals surface area contributed by atoms with Gasteiger partial charge in [0.2, 0.25) is 0 Å². The van der Waals surface area contributed by atoms with Crippen molar-refractivity contribution in [3.05, 3.63) is 57.0 Å². The van der Waals surface area contributed by atoms with E-state index in [2.05, 4.69) is 37.6 Å². The van der Waals surface area contributed by atoms with Crippen LogP contribution in [-0.2, 0) is 13.1 Å². The van der Waals surface area contributed by atoms with Crippen LogP contribution in [0.5, 0.6) is 0 Å². The van der Waals surface area contributed by atoms with Gasteiger partial charge in [0.05, 0.1) is 11.9 Å². The number of thiophene rings is 1. The fraction of sp³-hybridized carbons (Fsp3) is 0.389. The van der Waals surface area contributed by atoms with Crippen molar-refractivity contribution in [2.75, 3.05) is 32.7 Å². The summed E-state index contributed by atoms with van der Waals surface area (Å²) in [7, 11) is 0. The predicted octanol–water partition coefficient (Wildman–Crippen LogP) is 1.67. The molecule has 0 atom stereocenters. The minimum atomic E-state index is -0.0538. The fourth-order valence-corrected chi connectivity index (χ4v) is 3.95. The van der Waals surface area contributed by atoms with Crippen LogP contribution in [0.3, 0.4) is 0 Å². The summed E-state index contributed by atoms with van der Waals surface area (Å²) in [5.74, 6) is 0. The standard InChI is InChI=1S/C18H21N5OS/c24-18-16-5-1-2-6-17(16)19-20-23(18)12-11-21-7-9-22(10-8-21)14-15-4-3-13-25-15/h1-6,13H,7-12,14H2. The average molecular weight is 355 g/mol. The number of fused-ring (bicyclic) bond motifs is 1. The van der Waals surface area contributed by atoms with Crippen LogP contribution in [0, 0.1) is 0 Å². The molecule has 0 spiro atoms. The third kappa shape index (κ3) is 3.78. The summed E-state index contributed by atoms with van der Waals surface area (Å²) in [6.07, 6.45) is 0. The molecule has 1 aliphatic heterocycles. The van der Waals surface area contributed by atoms with Gasteiger partial charge in [-0.15, -0.1) is 16.4 Å². The molecular formula is C18H21N5OS. The van der Waals surface area contributed by atoms with Crippen molar-refractivity contribution >= 4 is 22.2 Å². The van der Waals surface area contributed by atoms with Gasteiger partial charge in [0.25, 0.3) is 5.56 Å². The van der Waals surface area contributed by atoms with Crippen molar-refractivity contribution < 1.29 is 0 Å². The van der Waals surface area contributed by atoms with E-state index in [1.807, 2.05) is 35.6 Å². The zero-order valence-electron chi connectivity index (χ0n) is 14.0. The molecule has 1 aromatic carbocycles. The SMILES string of the molecule is O=c1c2ccccc2nnn1CCN1CCN(Cc2cccs2)CC1. The molecule has 1 saturated heterocycles. The lowest BCUT2D eigenvalue weighted by molar-refractivity contribution is 0.123. The predicted molar refractivity (Wildman–Crippen MR) is 99.8 cm³/mol. The molecule has 0 N–H and O–H groups in total. The molecule has 1 aliphatic rings. The Balaban J connectivity index is 1.32. The lowest BCUT2D eigenvalue weighted by Crippen LogP contribution is -2.47. The minimum Gasteiger partial charge on any atom is -0.299 e. The number of hydrogen-bond donors (Lipinski definition) is 0. The van der Waals surface area contributed by atoms with Crippen LogP contribution in [-0.4, -0.2) is 57.5 Å². The first-order chi connectivity index (χ1) is 12.3. The lowest BCUT2D eigenvalue weighted by Gasteiger charge is -2.34. The van der Waals surface area contributed by atoms with Crippen LogP contribution in [0.4, 0.5) is 0 Å². The number of hydrogen-bond acceptors (Lipinski definition) is 6. The Morgan fingerprint density at radius 2 is 1.76 bits per heavy atom. The van der Waals surface area contributed by atoms with Crippen LogP contribution in [0.1, 0.15) is 4.88 Å². The summed E-state index contributed by atoms with van der Waals surface area (Å²) in [5, 5.41) is 11.0. The van der Waals surface area contributed by atoms with Crippen molar-refractivity contribution in [3.63, 3.8) is 0 Å². The highest BCUT2D eigenvalue weighted by molar-refractivity contribution is 7.09. The number of aromatic nitrogens is 3. The highest BCUT2D eigenvalue weighted by atomic mass is 32.1. The Hall–Kier alpha value is -2.09. The molecule has 0 aliphatic carbocycles. The first-order valence-electron chi connectivity index (χ1n) is 8.59. The van der Waals surface area contributed by atoms with Crippen LogP contribution >= 0.6 is 11.3 Å². The van der Waals surface area contributed by atoms with E-state index < -0.39 is 0 Å². The van der Waals surface area contributed by atoms with Crippen molar-refractivity contribution in [2.45, 2.75) is 13.1 Å². The van der Waals surface area contributed by atoms with E-state index in [0.717, 1.165) is 39.3 Å². The van der Waals surface area contributed by atoms with E-state index in [4.69, 9.17) is 0 Å². The summed E-state index contributed by atoms with van der Waals surface area (Å²) in [5.41, 5.74) is 0.605. The topological polar surface area (TPSA) is 54.3 Å². The van der Waals surface area contributed by atoms with Gasteiger partial charge in [-0.1, -0.05) is 23.4 Å². The van der Waals surface area contributed by atoms with E-state index in [0.29, 0.717) is 17.4 Å². The number of nitrogens with zero attached hydrogens (tertiary/aromatic N) is 5. The Kier molecular flexibility index (Phi) is 4.87. The van der Waals surface area contributed by atoms with E-state index in [1.54, 1.807) is 0 Å². The molecule has 130 valence electrons. The van der Waals surface area contributed by atoms with Gasteiger partial charge in [-0.05, 0) is 23.6 Å². The van der Waals surface area contributed by atoms with E-state index in [1.165, 1.54) is 9.56 Å². The van der Waals surface area contributed by atoms with Gasteiger partial charge < -0.3 is 0 Å². The molecule has 25 heavy (non-hydrogen) atoms. The molecule has 4 rings (SSSR count). The molecule has 3 aromatic rings. The van der Waals surface area contributed by atoms with Crippen molar-refractivity contribution in [1.29, 1.82) is 0 Å². The Labute approximate surface area is 150 Å². The first-order valence-corrected chi connectivity index (χ1v) is 9.47. The van der Waals surface area contributed by atoms with Gasteiger partial charge >= 0.3 is 0 Å². The molecule has 0 unspecified atom stereocenters. The quantitative estimate of drug-likeness (QED) is 0.697. The Morgan fingerprint density at radius 3 is 2.56 bits per heavy atom. The largest absolute Gasteiger partial charge is 0.299 e. The molecule has 3 heterocycles. The molecule has 0 amide bonds. The van der Waals surface area contributed by atoms with Gasteiger partial charge in [-0.25, -0.2) is 4.68 Å². The van der Waals surface area contributed by atoms with Crippen molar-refractivity contribution in [2.24, 2.45) is 0 Å². The fourth-order valence-electron chi connectivity index (χ4n) is 3.20. The molecule has 7 heteroatoms. The van der Waals surface area contributed by atoms with Gasteiger partial charge in [0.1, 0.15) is 5.52 Å². The highest BCUT2D eigenvalue weighted by Gasteiger charge is 2.17. The van der Waals surface area contributed by atoms with E-state index >= 15 is 0 Å². The maximum absolute atomic E-state index is 12.5. The number of benzene rings is 1. The molecular weight excluding hydrogens is 334 g/mol.